The summed E-state index contributed by atoms with van der Waals surface area (Å²) in [7, 11) is 0. The lowest BCUT2D eigenvalue weighted by Gasteiger charge is -2.07. The van der Waals surface area contributed by atoms with Gasteiger partial charge in [-0.2, -0.15) is 10.2 Å². The van der Waals surface area contributed by atoms with Crippen molar-refractivity contribution in [2.45, 2.75) is 20.3 Å². The van der Waals surface area contributed by atoms with Gasteiger partial charge in [0.1, 0.15) is 6.67 Å². The summed E-state index contributed by atoms with van der Waals surface area (Å²) in [4.78, 5) is 0. The second kappa shape index (κ2) is 2.86. The molecule has 0 spiro atoms. The van der Waals surface area contributed by atoms with Crippen LogP contribution >= 0.6 is 0 Å². The second-order valence-corrected chi connectivity index (χ2v) is 2.80. The maximum Gasteiger partial charge on any atom is 0.156 e. The first-order valence-corrected chi connectivity index (χ1v) is 3.43. The van der Waals surface area contributed by atoms with Gasteiger partial charge in [0.25, 0.3) is 0 Å². The van der Waals surface area contributed by atoms with Crippen LogP contribution in [0.1, 0.15) is 20.3 Å². The van der Waals surface area contributed by atoms with E-state index in [2.05, 4.69) is 10.5 Å². The Kier molecular flexibility index (Phi) is 2.09. The van der Waals surface area contributed by atoms with Gasteiger partial charge in [-0.1, -0.05) is 18.3 Å². The van der Waals surface area contributed by atoms with Crippen molar-refractivity contribution in [2.24, 2.45) is 11.0 Å². The van der Waals surface area contributed by atoms with Crippen LogP contribution in [0, 0.1) is 5.92 Å². The zero-order chi connectivity index (χ0) is 7.56. The van der Waals surface area contributed by atoms with E-state index in [4.69, 9.17) is 0 Å². The molecule has 0 fully saturated rings. The number of nitrogens with one attached hydrogen (secondary N) is 1. The van der Waals surface area contributed by atoms with Crippen molar-refractivity contribution in [2.75, 3.05) is 6.67 Å². The highest BCUT2D eigenvalue weighted by Crippen LogP contribution is 2.08. The molecule has 0 amide bonds. The van der Waals surface area contributed by atoms with E-state index in [9.17, 15) is 4.48 Å². The highest BCUT2D eigenvalue weighted by Gasteiger charge is 2.16. The maximum absolute atomic E-state index is 12.6. The van der Waals surface area contributed by atoms with Gasteiger partial charge >= 0.3 is 0 Å². The van der Waals surface area contributed by atoms with E-state index >= 15 is 0 Å². The molecule has 1 aliphatic rings. The van der Waals surface area contributed by atoms with Crippen LogP contribution < -0.4 is 5.43 Å². The molecule has 0 bridgehead atoms. The highest BCUT2D eigenvalue weighted by molar-refractivity contribution is 5.82. The summed E-state index contributed by atoms with van der Waals surface area (Å²) < 4.78 is 12.6. The summed E-state index contributed by atoms with van der Waals surface area (Å²) in [5, 5.41) is 4.41. The molecule has 4 heteroatoms. The average Bonchev–Trinajstić information content (AvgIpc) is 2.15. The number of hydrazone groups is 1. The Morgan fingerprint density at radius 1 is 1.80 bits per heavy atom. The number of hydrogen-bond donors (Lipinski definition) is 1. The SMILES string of the molecule is CC(C)CC1=NNCN1F. The molecular weight excluding hydrogens is 133 g/mol. The molecule has 0 radical (unpaired) electrons. The third-order valence-corrected chi connectivity index (χ3v) is 1.29. The van der Waals surface area contributed by atoms with Crippen LogP contribution in [0.5, 0.6) is 0 Å². The fourth-order valence-electron chi connectivity index (χ4n) is 0.844. The number of nitrogens with zero attached hydrogens (tertiary/aromatic N) is 2. The molecule has 1 rings (SSSR count). The van der Waals surface area contributed by atoms with Crippen LogP contribution in [0.3, 0.4) is 0 Å². The molecule has 0 unspecified atom stereocenters. The smallest absolute Gasteiger partial charge is 0.156 e. The fourth-order valence-corrected chi connectivity index (χ4v) is 0.844. The molecule has 1 heterocycles. The van der Waals surface area contributed by atoms with E-state index in [0.717, 1.165) is 0 Å². The monoisotopic (exact) mass is 145 g/mol. The van der Waals surface area contributed by atoms with Crippen LogP contribution in [-0.2, 0) is 0 Å². The molecule has 0 aliphatic carbocycles. The second-order valence-electron chi connectivity index (χ2n) is 2.80. The van der Waals surface area contributed by atoms with Crippen LogP contribution in [0.4, 0.5) is 4.48 Å². The Morgan fingerprint density at radius 3 is 2.90 bits per heavy atom. The van der Waals surface area contributed by atoms with Crippen molar-refractivity contribution in [1.82, 2.24) is 10.5 Å². The largest absolute Gasteiger partial charge is 0.286 e. The van der Waals surface area contributed by atoms with Gasteiger partial charge in [-0.3, -0.25) is 5.43 Å². The predicted octanol–water partition coefficient (Wildman–Crippen LogP) is 1.09. The van der Waals surface area contributed by atoms with Crippen LogP contribution in [0.15, 0.2) is 5.10 Å². The molecule has 3 nitrogen and oxygen atoms in total. The first-order valence-electron chi connectivity index (χ1n) is 3.43. The topological polar surface area (TPSA) is 27.6 Å². The molecule has 0 aromatic heterocycles. The summed E-state index contributed by atoms with van der Waals surface area (Å²) in [5.41, 5.74) is 2.57. The Labute approximate surface area is 59.8 Å². The van der Waals surface area contributed by atoms with Gasteiger partial charge < -0.3 is 0 Å². The van der Waals surface area contributed by atoms with Gasteiger partial charge in [0.05, 0.1) is 0 Å². The van der Waals surface area contributed by atoms with Crippen molar-refractivity contribution in [1.29, 1.82) is 0 Å². The Bertz CT molecular complexity index is 144. The minimum atomic E-state index is 0.196. The molecule has 58 valence electrons. The van der Waals surface area contributed by atoms with Gasteiger partial charge in [0.15, 0.2) is 5.84 Å². The highest BCUT2D eigenvalue weighted by atomic mass is 19.2. The van der Waals surface area contributed by atoms with E-state index in [0.29, 0.717) is 23.3 Å². The lowest BCUT2D eigenvalue weighted by Crippen LogP contribution is -2.21. The first-order chi connectivity index (χ1) is 4.70. The van der Waals surface area contributed by atoms with Gasteiger partial charge in [0.2, 0.25) is 0 Å². The quantitative estimate of drug-likeness (QED) is 0.589. The molecule has 0 saturated carbocycles. The summed E-state index contributed by atoms with van der Waals surface area (Å²) in [6.45, 7) is 4.27. The summed E-state index contributed by atoms with van der Waals surface area (Å²) in [6, 6.07) is 0. The summed E-state index contributed by atoms with van der Waals surface area (Å²) >= 11 is 0. The van der Waals surface area contributed by atoms with Gasteiger partial charge in [-0.05, 0) is 5.92 Å². The van der Waals surface area contributed by atoms with Gasteiger partial charge in [0, 0.05) is 6.42 Å². The Balaban J connectivity index is 2.40. The lowest BCUT2D eigenvalue weighted by molar-refractivity contribution is 0.123. The lowest BCUT2D eigenvalue weighted by atomic mass is 10.1. The van der Waals surface area contributed by atoms with Crippen LogP contribution in [-0.4, -0.2) is 17.6 Å². The molecule has 0 aromatic rings. The summed E-state index contributed by atoms with van der Waals surface area (Å²) in [5.74, 6) is 0.965. The third-order valence-electron chi connectivity index (χ3n) is 1.29. The van der Waals surface area contributed by atoms with E-state index in [1.54, 1.807) is 0 Å². The predicted molar refractivity (Wildman–Crippen MR) is 37.8 cm³/mol. The molecule has 10 heavy (non-hydrogen) atoms. The van der Waals surface area contributed by atoms with Crippen LogP contribution in [0.2, 0.25) is 0 Å². The molecular formula is C6H12FN3. The number of amidine groups is 1. The minimum Gasteiger partial charge on any atom is -0.286 e. The average molecular weight is 145 g/mol. The van der Waals surface area contributed by atoms with Crippen molar-refractivity contribution < 1.29 is 4.48 Å². The van der Waals surface area contributed by atoms with Crippen molar-refractivity contribution in [3.8, 4) is 0 Å². The molecule has 1 aliphatic heterocycles. The molecule has 0 aromatic carbocycles. The standard InChI is InChI=1S/C6H12FN3/c1-5(2)3-6-9-8-4-10(6)7/h5,8H,3-4H2,1-2H3. The van der Waals surface area contributed by atoms with Gasteiger partial charge in [-0.25, -0.2) is 0 Å². The maximum atomic E-state index is 12.6. The number of halogens is 1. The zero-order valence-electron chi connectivity index (χ0n) is 6.26. The molecule has 0 atom stereocenters. The van der Waals surface area contributed by atoms with E-state index in [1.165, 1.54) is 0 Å². The van der Waals surface area contributed by atoms with E-state index in [1.807, 2.05) is 13.8 Å². The Morgan fingerprint density at radius 2 is 2.50 bits per heavy atom. The van der Waals surface area contributed by atoms with Crippen molar-refractivity contribution in [3.63, 3.8) is 0 Å². The van der Waals surface area contributed by atoms with Crippen molar-refractivity contribution >= 4 is 5.84 Å². The third kappa shape index (κ3) is 1.59. The zero-order valence-corrected chi connectivity index (χ0v) is 6.26. The molecule has 0 saturated heterocycles. The number of rotatable bonds is 2. The number of hydrogen-bond acceptors (Lipinski definition) is 3. The van der Waals surface area contributed by atoms with Crippen molar-refractivity contribution in [3.05, 3.63) is 0 Å². The van der Waals surface area contributed by atoms with Crippen LogP contribution in [0.25, 0.3) is 0 Å². The van der Waals surface area contributed by atoms with Gasteiger partial charge in [-0.15, -0.1) is 0 Å². The minimum absolute atomic E-state index is 0.196. The summed E-state index contributed by atoms with van der Waals surface area (Å²) in [6.07, 6.45) is 0.698. The first kappa shape index (κ1) is 7.31. The normalized spacial score (nSPS) is 17.6. The van der Waals surface area contributed by atoms with E-state index in [-0.39, 0.29) is 6.67 Å². The fraction of sp³-hybridized carbons (Fsp3) is 0.833. The van der Waals surface area contributed by atoms with E-state index < -0.39 is 0 Å². The Hall–Kier alpha value is -0.800. The molecule has 1 N–H and O–H groups in total.